The summed E-state index contributed by atoms with van der Waals surface area (Å²) in [6, 6.07) is 3.64. The highest BCUT2D eigenvalue weighted by Crippen LogP contribution is 2.46. The first-order valence-corrected chi connectivity index (χ1v) is 11.7. The van der Waals surface area contributed by atoms with Crippen LogP contribution in [0.3, 0.4) is 0 Å². The highest BCUT2D eigenvalue weighted by molar-refractivity contribution is 7.85. The molecule has 0 amide bonds. The van der Waals surface area contributed by atoms with Crippen molar-refractivity contribution in [2.24, 2.45) is 0 Å². The summed E-state index contributed by atoms with van der Waals surface area (Å²) < 4.78 is 95.4. The Balaban J connectivity index is 2.98. The van der Waals surface area contributed by atoms with Crippen molar-refractivity contribution in [3.63, 3.8) is 0 Å². The minimum atomic E-state index is -5.57. The Kier molecular flexibility index (Phi) is 6.79. The lowest BCUT2D eigenvalue weighted by atomic mass is 9.74. The molecule has 0 bridgehead atoms. The normalized spacial score (nSPS) is 13.4. The first-order valence-electron chi connectivity index (χ1n) is 10.3. The third kappa shape index (κ3) is 5.35. The van der Waals surface area contributed by atoms with Gasteiger partial charge in [0.05, 0.1) is 0 Å². The smallest absolute Gasteiger partial charge is 0.300 e. The third-order valence-electron chi connectivity index (χ3n) is 5.22. The van der Waals surface area contributed by atoms with Crippen molar-refractivity contribution in [1.82, 2.24) is 0 Å². The molecule has 0 fully saturated rings. The van der Waals surface area contributed by atoms with Crippen molar-refractivity contribution < 1.29 is 35.3 Å². The van der Waals surface area contributed by atoms with E-state index in [0.29, 0.717) is 11.1 Å². The van der Waals surface area contributed by atoms with E-state index in [2.05, 4.69) is 0 Å². The summed E-state index contributed by atoms with van der Waals surface area (Å²) in [6.07, 6.45) is 0. The summed E-state index contributed by atoms with van der Waals surface area (Å²) >= 11 is 0. The second kappa shape index (κ2) is 8.27. The molecule has 0 saturated carbocycles. The maximum atomic E-state index is 14.8. The predicted molar refractivity (Wildman–Crippen MR) is 119 cm³/mol. The summed E-state index contributed by atoms with van der Waals surface area (Å²) in [4.78, 5) is -2.11. The zero-order valence-corrected chi connectivity index (χ0v) is 21.1. The second-order valence-corrected chi connectivity index (χ2v) is 12.5. The molecule has 2 aromatic rings. The maximum absolute atomic E-state index is 14.8. The Morgan fingerprint density at radius 3 is 1.30 bits per heavy atom. The number of hydrogen-bond acceptors (Lipinski definition) is 3. The molecule has 184 valence electrons. The fourth-order valence-corrected chi connectivity index (χ4v) is 3.93. The third-order valence-corrected chi connectivity index (χ3v) is 6.09. The van der Waals surface area contributed by atoms with Crippen molar-refractivity contribution in [1.29, 1.82) is 0 Å². The monoisotopic (exact) mass is 490 g/mol. The van der Waals surface area contributed by atoms with E-state index >= 15 is 0 Å². The van der Waals surface area contributed by atoms with E-state index in [1.54, 1.807) is 0 Å². The molecule has 2 rings (SSSR count). The van der Waals surface area contributed by atoms with Gasteiger partial charge >= 0.3 is 10.1 Å². The van der Waals surface area contributed by atoms with E-state index < -0.39 is 54.9 Å². The topological polar surface area (TPSA) is 63.6 Å². The fourth-order valence-electron chi connectivity index (χ4n) is 3.30. The van der Waals surface area contributed by atoms with E-state index in [-0.39, 0.29) is 11.2 Å². The molecule has 0 radical (unpaired) electrons. The summed E-state index contributed by atoms with van der Waals surface area (Å²) in [5.41, 5.74) is 0.510. The number of rotatable bonds is 3. The van der Waals surface area contributed by atoms with Gasteiger partial charge in [-0.05, 0) is 21.8 Å². The van der Waals surface area contributed by atoms with E-state index in [1.807, 2.05) is 74.4 Å². The Morgan fingerprint density at radius 2 is 1.03 bits per heavy atom. The highest BCUT2D eigenvalue weighted by atomic mass is 32.2. The Morgan fingerprint density at radius 1 is 0.667 bits per heavy atom. The lowest BCUT2D eigenvalue weighted by Gasteiger charge is -2.33. The quantitative estimate of drug-likeness (QED) is 0.281. The van der Waals surface area contributed by atoms with Gasteiger partial charge < -0.3 is 4.74 Å². The molecule has 33 heavy (non-hydrogen) atoms. The van der Waals surface area contributed by atoms with Gasteiger partial charge in [-0.2, -0.15) is 17.2 Å². The molecule has 4 nitrogen and oxygen atoms in total. The van der Waals surface area contributed by atoms with Crippen molar-refractivity contribution in [2.75, 3.05) is 0 Å². The van der Waals surface area contributed by atoms with Crippen LogP contribution in [-0.2, 0) is 26.4 Å². The van der Waals surface area contributed by atoms with Gasteiger partial charge in [-0.1, -0.05) is 74.4 Å². The van der Waals surface area contributed by atoms with E-state index in [4.69, 9.17) is 9.29 Å². The molecule has 0 atom stereocenters. The first kappa shape index (κ1) is 27.1. The van der Waals surface area contributed by atoms with Crippen LogP contribution in [0.4, 0.5) is 17.6 Å². The molecule has 0 aliphatic rings. The van der Waals surface area contributed by atoms with Gasteiger partial charge in [-0.15, -0.1) is 0 Å². The molecule has 0 unspecified atom stereocenters. The second-order valence-electron chi connectivity index (χ2n) is 11.1. The zero-order chi connectivity index (χ0) is 25.9. The Bertz CT molecular complexity index is 1130. The molecular weight excluding hydrogens is 460 g/mol. The van der Waals surface area contributed by atoms with Crippen LogP contribution in [0, 0.1) is 23.3 Å². The molecule has 0 aromatic heterocycles. The molecule has 0 heterocycles. The van der Waals surface area contributed by atoms with E-state index in [9.17, 15) is 26.0 Å². The molecule has 1 N–H and O–H groups in total. The van der Waals surface area contributed by atoms with Gasteiger partial charge in [-0.3, -0.25) is 4.55 Å². The van der Waals surface area contributed by atoms with Crippen LogP contribution >= 0.6 is 0 Å². The van der Waals surface area contributed by atoms with Gasteiger partial charge in [0.25, 0.3) is 0 Å². The first-order chi connectivity index (χ1) is 14.6. The Labute approximate surface area is 192 Å². The Hall–Kier alpha value is -2.13. The summed E-state index contributed by atoms with van der Waals surface area (Å²) in [7, 11) is -5.57. The van der Waals surface area contributed by atoms with Crippen LogP contribution in [0.2, 0.25) is 0 Å². The maximum Gasteiger partial charge on any atom is 0.300 e. The van der Waals surface area contributed by atoms with Gasteiger partial charge in [0.2, 0.25) is 17.4 Å². The largest absolute Gasteiger partial charge is 0.450 e. The van der Waals surface area contributed by atoms with Crippen molar-refractivity contribution in [2.45, 2.75) is 83.5 Å². The van der Waals surface area contributed by atoms with Crippen molar-refractivity contribution >= 4 is 10.1 Å². The number of ether oxygens (including phenoxy) is 1. The van der Waals surface area contributed by atoms with Crippen LogP contribution in [0.5, 0.6) is 11.5 Å². The van der Waals surface area contributed by atoms with Crippen LogP contribution in [-0.4, -0.2) is 13.0 Å². The predicted octanol–water partition coefficient (Wildman–Crippen LogP) is 7.17. The molecule has 9 heteroatoms. The SMILES string of the molecule is CC(C)(C)c1cc(C(C)(C)C)c(Oc2c(F)c(F)c(S(=O)(=O)O)c(F)c2F)c(C(C)(C)C)c1. The number of benzene rings is 2. The number of halogens is 4. The number of hydrogen-bond donors (Lipinski definition) is 1. The van der Waals surface area contributed by atoms with Crippen molar-refractivity contribution in [3.8, 4) is 11.5 Å². The lowest BCUT2D eigenvalue weighted by molar-refractivity contribution is 0.337. The fraction of sp³-hybridized carbons (Fsp3) is 0.500. The molecular formula is C24H30F4O4S. The average molecular weight is 491 g/mol. The molecule has 0 spiro atoms. The van der Waals surface area contributed by atoms with Crippen molar-refractivity contribution in [3.05, 3.63) is 52.1 Å². The standard InChI is InChI=1S/C24H30F4O4S/c1-22(2,3)12-10-13(23(4,5)6)19(14(11-12)24(7,8)9)32-20-15(25)17(27)21(33(29,30)31)18(28)16(20)26/h10-11H,1-9H3,(H,29,30,31). The molecule has 0 saturated heterocycles. The van der Waals surface area contributed by atoms with Crippen LogP contribution in [0.1, 0.15) is 79.0 Å². The van der Waals surface area contributed by atoms with Gasteiger partial charge in [0.1, 0.15) is 5.75 Å². The van der Waals surface area contributed by atoms with Crippen LogP contribution in [0.25, 0.3) is 0 Å². The molecule has 0 aliphatic carbocycles. The summed E-state index contributed by atoms with van der Waals surface area (Å²) in [6.45, 7) is 17.1. The molecule has 0 aliphatic heterocycles. The summed E-state index contributed by atoms with van der Waals surface area (Å²) in [5, 5.41) is 0. The summed E-state index contributed by atoms with van der Waals surface area (Å²) in [5.74, 6) is -10.1. The highest BCUT2D eigenvalue weighted by Gasteiger charge is 2.36. The molecule has 2 aromatic carbocycles. The van der Waals surface area contributed by atoms with Crippen LogP contribution < -0.4 is 4.74 Å². The minimum Gasteiger partial charge on any atom is -0.450 e. The van der Waals surface area contributed by atoms with Crippen LogP contribution in [0.15, 0.2) is 17.0 Å². The van der Waals surface area contributed by atoms with Gasteiger partial charge in [-0.25, -0.2) is 8.78 Å². The van der Waals surface area contributed by atoms with Gasteiger partial charge in [0, 0.05) is 11.1 Å². The van der Waals surface area contributed by atoms with E-state index in [1.165, 1.54) is 0 Å². The van der Waals surface area contributed by atoms with Gasteiger partial charge in [0.15, 0.2) is 16.5 Å². The lowest BCUT2D eigenvalue weighted by Crippen LogP contribution is -2.23. The zero-order valence-electron chi connectivity index (χ0n) is 20.2. The minimum absolute atomic E-state index is 0.0132. The average Bonchev–Trinajstić information content (AvgIpc) is 2.59. The van der Waals surface area contributed by atoms with E-state index in [0.717, 1.165) is 5.56 Å².